The number of rotatable bonds is 4. The molecule has 0 amide bonds. The van der Waals surface area contributed by atoms with Gasteiger partial charge in [0, 0.05) is 17.6 Å². The number of hydrogen-bond acceptors (Lipinski definition) is 4. The smallest absolute Gasteiger partial charge is 0.399 e. The summed E-state index contributed by atoms with van der Waals surface area (Å²) in [6.07, 6.45) is -4.37. The van der Waals surface area contributed by atoms with Crippen molar-refractivity contribution in [3.05, 3.63) is 45.9 Å². The maximum Gasteiger partial charge on any atom is 0.434 e. The van der Waals surface area contributed by atoms with E-state index in [4.69, 9.17) is 5.73 Å². The van der Waals surface area contributed by atoms with Crippen molar-refractivity contribution in [2.24, 2.45) is 0 Å². The third kappa shape index (κ3) is 5.18. The minimum Gasteiger partial charge on any atom is -0.399 e. The Morgan fingerprint density at radius 2 is 2.00 bits per heavy atom. The van der Waals surface area contributed by atoms with E-state index < -0.39 is 11.9 Å². The van der Waals surface area contributed by atoms with Gasteiger partial charge in [-0.05, 0) is 24.7 Å². The lowest BCUT2D eigenvalue weighted by molar-refractivity contribution is -0.140. The normalized spacial score (nSPS) is 11.5. The fourth-order valence-corrected chi connectivity index (χ4v) is 2.68. The number of nitrogens with two attached hydrogens (primary N) is 1. The van der Waals surface area contributed by atoms with Gasteiger partial charge in [-0.3, -0.25) is 4.90 Å². The van der Waals surface area contributed by atoms with Crippen molar-refractivity contribution in [2.75, 3.05) is 12.8 Å². The molecule has 0 spiro atoms. The molecular formula is C13H15ClF3N3S. The Kier molecular flexibility index (Phi) is 6.00. The molecule has 0 saturated heterocycles. The topological polar surface area (TPSA) is 42.1 Å². The van der Waals surface area contributed by atoms with Gasteiger partial charge in [0.2, 0.25) is 0 Å². The van der Waals surface area contributed by atoms with E-state index in [1.807, 2.05) is 30.1 Å². The van der Waals surface area contributed by atoms with Crippen LogP contribution < -0.4 is 5.73 Å². The summed E-state index contributed by atoms with van der Waals surface area (Å²) in [5.41, 5.74) is 6.54. The molecule has 0 aliphatic carbocycles. The SMILES string of the molecule is CN(Cc1cccc(N)c1)Cc1nc(C(F)(F)F)cs1.Cl. The van der Waals surface area contributed by atoms with Crippen molar-refractivity contribution in [1.29, 1.82) is 0 Å². The second-order valence-electron chi connectivity index (χ2n) is 4.54. The zero-order chi connectivity index (χ0) is 14.8. The molecule has 1 aromatic carbocycles. The molecule has 0 saturated carbocycles. The van der Waals surface area contributed by atoms with Crippen LogP contribution in [0.1, 0.15) is 16.3 Å². The molecule has 1 aromatic heterocycles. The van der Waals surface area contributed by atoms with Crippen molar-refractivity contribution in [1.82, 2.24) is 9.88 Å². The van der Waals surface area contributed by atoms with E-state index in [0.29, 0.717) is 23.8 Å². The van der Waals surface area contributed by atoms with Gasteiger partial charge in [-0.15, -0.1) is 23.7 Å². The summed E-state index contributed by atoms with van der Waals surface area (Å²) >= 11 is 1.02. The molecule has 0 atom stereocenters. The molecule has 2 rings (SSSR count). The molecular weight excluding hydrogens is 323 g/mol. The molecule has 0 unspecified atom stereocenters. The zero-order valence-electron chi connectivity index (χ0n) is 11.2. The average molecular weight is 338 g/mol. The number of nitrogens with zero attached hydrogens (tertiary/aromatic N) is 2. The van der Waals surface area contributed by atoms with Crippen LogP contribution in [0.15, 0.2) is 29.6 Å². The maximum absolute atomic E-state index is 12.4. The first-order valence-corrected chi connectivity index (χ1v) is 6.77. The second kappa shape index (κ2) is 7.11. The first-order chi connectivity index (χ1) is 9.34. The zero-order valence-corrected chi connectivity index (χ0v) is 12.9. The Morgan fingerprint density at radius 3 is 2.57 bits per heavy atom. The first-order valence-electron chi connectivity index (χ1n) is 5.89. The fourth-order valence-electron chi connectivity index (χ4n) is 1.80. The molecule has 2 aromatic rings. The van der Waals surface area contributed by atoms with Crippen molar-refractivity contribution < 1.29 is 13.2 Å². The van der Waals surface area contributed by atoms with Gasteiger partial charge in [0.15, 0.2) is 5.69 Å². The second-order valence-corrected chi connectivity index (χ2v) is 5.48. The number of aromatic nitrogens is 1. The number of halogens is 4. The predicted octanol–water partition coefficient (Wildman–Crippen LogP) is 3.80. The van der Waals surface area contributed by atoms with E-state index >= 15 is 0 Å². The van der Waals surface area contributed by atoms with Gasteiger partial charge in [0.1, 0.15) is 5.01 Å². The Bertz CT molecular complexity index is 586. The van der Waals surface area contributed by atoms with E-state index in [-0.39, 0.29) is 12.4 Å². The summed E-state index contributed by atoms with van der Waals surface area (Å²) in [4.78, 5) is 5.50. The largest absolute Gasteiger partial charge is 0.434 e. The summed E-state index contributed by atoms with van der Waals surface area (Å²) in [6.45, 7) is 0.974. The number of thiazole rings is 1. The van der Waals surface area contributed by atoms with Crippen LogP contribution in [0, 0.1) is 0 Å². The first kappa shape index (κ1) is 17.7. The molecule has 116 valence electrons. The summed E-state index contributed by atoms with van der Waals surface area (Å²) in [7, 11) is 1.83. The van der Waals surface area contributed by atoms with E-state index in [2.05, 4.69) is 4.98 Å². The third-order valence-electron chi connectivity index (χ3n) is 2.65. The van der Waals surface area contributed by atoms with E-state index in [9.17, 15) is 13.2 Å². The van der Waals surface area contributed by atoms with Gasteiger partial charge in [-0.1, -0.05) is 12.1 Å². The van der Waals surface area contributed by atoms with Crippen LogP contribution in [0.2, 0.25) is 0 Å². The summed E-state index contributed by atoms with van der Waals surface area (Å²) in [5.74, 6) is 0. The van der Waals surface area contributed by atoms with Crippen LogP contribution in [0.25, 0.3) is 0 Å². The fraction of sp³-hybridized carbons (Fsp3) is 0.308. The number of nitrogen functional groups attached to an aromatic ring is 1. The van der Waals surface area contributed by atoms with Gasteiger partial charge >= 0.3 is 6.18 Å². The highest BCUT2D eigenvalue weighted by molar-refractivity contribution is 7.09. The molecule has 0 aliphatic heterocycles. The average Bonchev–Trinajstić information content (AvgIpc) is 2.76. The van der Waals surface area contributed by atoms with Gasteiger partial charge in [0.05, 0.1) is 6.54 Å². The molecule has 0 aliphatic rings. The lowest BCUT2D eigenvalue weighted by Crippen LogP contribution is -2.17. The van der Waals surface area contributed by atoms with Crippen molar-refractivity contribution >= 4 is 29.4 Å². The van der Waals surface area contributed by atoms with Crippen molar-refractivity contribution in [2.45, 2.75) is 19.3 Å². The molecule has 21 heavy (non-hydrogen) atoms. The molecule has 2 N–H and O–H groups in total. The summed E-state index contributed by atoms with van der Waals surface area (Å²) < 4.78 is 37.3. The lowest BCUT2D eigenvalue weighted by atomic mass is 10.2. The van der Waals surface area contributed by atoms with Gasteiger partial charge in [-0.25, -0.2) is 4.98 Å². The highest BCUT2D eigenvalue weighted by atomic mass is 35.5. The Labute approximate surface area is 131 Å². The number of hydrogen-bond donors (Lipinski definition) is 1. The number of anilines is 1. The lowest BCUT2D eigenvalue weighted by Gasteiger charge is -2.15. The molecule has 8 heteroatoms. The highest BCUT2D eigenvalue weighted by Gasteiger charge is 2.33. The molecule has 0 fully saturated rings. The molecule has 3 nitrogen and oxygen atoms in total. The van der Waals surface area contributed by atoms with Crippen LogP contribution in [-0.2, 0) is 19.3 Å². The highest BCUT2D eigenvalue weighted by Crippen LogP contribution is 2.30. The minimum atomic E-state index is -4.37. The van der Waals surface area contributed by atoms with Gasteiger partial charge in [0.25, 0.3) is 0 Å². The van der Waals surface area contributed by atoms with Gasteiger partial charge < -0.3 is 5.73 Å². The van der Waals surface area contributed by atoms with Crippen molar-refractivity contribution in [3.63, 3.8) is 0 Å². The van der Waals surface area contributed by atoms with Gasteiger partial charge in [-0.2, -0.15) is 13.2 Å². The minimum absolute atomic E-state index is 0. The molecule has 1 heterocycles. The van der Waals surface area contributed by atoms with Crippen LogP contribution in [0.3, 0.4) is 0 Å². The number of alkyl halides is 3. The Balaban J connectivity index is 0.00000220. The predicted molar refractivity (Wildman–Crippen MR) is 80.4 cm³/mol. The third-order valence-corrected chi connectivity index (χ3v) is 3.48. The quantitative estimate of drug-likeness (QED) is 0.863. The van der Waals surface area contributed by atoms with E-state index in [1.54, 1.807) is 6.07 Å². The van der Waals surface area contributed by atoms with Crippen LogP contribution in [0.5, 0.6) is 0 Å². The Morgan fingerprint density at radius 1 is 1.29 bits per heavy atom. The monoisotopic (exact) mass is 337 g/mol. The molecule has 0 radical (unpaired) electrons. The van der Waals surface area contributed by atoms with E-state index in [0.717, 1.165) is 22.3 Å². The molecule has 0 bridgehead atoms. The summed E-state index contributed by atoms with van der Waals surface area (Å²) in [5, 5.41) is 1.49. The van der Waals surface area contributed by atoms with E-state index in [1.165, 1.54) is 0 Å². The maximum atomic E-state index is 12.4. The van der Waals surface area contributed by atoms with Crippen LogP contribution in [-0.4, -0.2) is 16.9 Å². The Hall–Kier alpha value is -1.31. The standard InChI is InChI=1S/C13H14F3N3S.ClH/c1-19(6-9-3-2-4-10(17)5-9)7-12-18-11(8-20-12)13(14,15)16;/h2-5,8H,6-7,17H2,1H3;1H. The number of benzene rings is 1. The summed E-state index contributed by atoms with van der Waals surface area (Å²) in [6, 6.07) is 7.42. The van der Waals surface area contributed by atoms with Crippen LogP contribution >= 0.6 is 23.7 Å². The van der Waals surface area contributed by atoms with Crippen LogP contribution in [0.4, 0.5) is 18.9 Å². The van der Waals surface area contributed by atoms with Crippen molar-refractivity contribution in [3.8, 4) is 0 Å².